The lowest BCUT2D eigenvalue weighted by Gasteiger charge is -2.10. The van der Waals surface area contributed by atoms with Crippen molar-refractivity contribution in [1.29, 1.82) is 0 Å². The average molecular weight is 398 g/mol. The third-order valence-corrected chi connectivity index (χ3v) is 5.11. The number of nitrogens with zero attached hydrogens (tertiary/aromatic N) is 5. The van der Waals surface area contributed by atoms with E-state index in [4.69, 9.17) is 6.42 Å². The average Bonchev–Trinajstić information content (AvgIpc) is 3.42. The van der Waals surface area contributed by atoms with E-state index in [2.05, 4.69) is 38.7 Å². The predicted octanol–water partition coefficient (Wildman–Crippen LogP) is 3.13. The number of terminal acetylenes is 1. The largest absolute Gasteiger partial charge is 0.328 e. The van der Waals surface area contributed by atoms with Crippen LogP contribution in [0, 0.1) is 12.3 Å². The fourth-order valence-electron chi connectivity index (χ4n) is 3.56. The Bertz CT molecular complexity index is 1230. The maximum absolute atomic E-state index is 12.7. The molecule has 2 aromatic heterocycles. The maximum atomic E-state index is 12.7. The number of tetrazole rings is 1. The zero-order valence-corrected chi connectivity index (χ0v) is 16.7. The van der Waals surface area contributed by atoms with Crippen molar-refractivity contribution in [2.24, 2.45) is 0 Å². The van der Waals surface area contributed by atoms with Crippen LogP contribution in [0.1, 0.15) is 24.6 Å². The highest BCUT2D eigenvalue weighted by molar-refractivity contribution is 5.80. The van der Waals surface area contributed by atoms with Crippen LogP contribution in [-0.2, 0) is 19.5 Å². The zero-order valence-electron chi connectivity index (χ0n) is 16.7. The highest BCUT2D eigenvalue weighted by Gasteiger charge is 2.13. The van der Waals surface area contributed by atoms with Crippen molar-refractivity contribution >= 4 is 0 Å². The van der Waals surface area contributed by atoms with E-state index in [9.17, 15) is 4.79 Å². The Kier molecular flexibility index (Phi) is 5.57. The zero-order chi connectivity index (χ0) is 20.9. The van der Waals surface area contributed by atoms with Crippen LogP contribution in [0.4, 0.5) is 0 Å². The topological polar surface area (TPSA) is 81.4 Å². The van der Waals surface area contributed by atoms with E-state index in [1.54, 1.807) is 4.57 Å². The summed E-state index contributed by atoms with van der Waals surface area (Å²) in [6.07, 6.45) is 8.63. The Labute approximate surface area is 174 Å². The molecule has 0 aliphatic carbocycles. The van der Waals surface area contributed by atoms with E-state index in [1.807, 2.05) is 54.1 Å². The lowest BCUT2D eigenvalue weighted by molar-refractivity contribution is 0.656. The Morgan fingerprint density at radius 2 is 1.87 bits per heavy atom. The number of nitrogens with one attached hydrogen (secondary N) is 1. The fourth-order valence-corrected chi connectivity index (χ4v) is 3.56. The number of aromatic amines is 1. The summed E-state index contributed by atoms with van der Waals surface area (Å²) in [7, 11) is 0. The monoisotopic (exact) mass is 398 g/mol. The van der Waals surface area contributed by atoms with Crippen molar-refractivity contribution in [3.05, 3.63) is 76.5 Å². The van der Waals surface area contributed by atoms with Crippen LogP contribution >= 0.6 is 0 Å². The van der Waals surface area contributed by atoms with Crippen molar-refractivity contribution in [3.8, 4) is 34.9 Å². The van der Waals surface area contributed by atoms with Gasteiger partial charge in [0, 0.05) is 36.8 Å². The number of aryl methyl sites for hydroxylation is 2. The third kappa shape index (κ3) is 3.80. The molecule has 150 valence electrons. The van der Waals surface area contributed by atoms with Crippen molar-refractivity contribution in [2.45, 2.75) is 32.9 Å². The van der Waals surface area contributed by atoms with Crippen LogP contribution in [0.25, 0.3) is 22.5 Å². The van der Waals surface area contributed by atoms with Gasteiger partial charge >= 0.3 is 5.69 Å². The van der Waals surface area contributed by atoms with Gasteiger partial charge in [-0.2, -0.15) is 5.21 Å². The van der Waals surface area contributed by atoms with E-state index < -0.39 is 0 Å². The van der Waals surface area contributed by atoms with Gasteiger partial charge < -0.3 is 0 Å². The van der Waals surface area contributed by atoms with Gasteiger partial charge in [0.25, 0.3) is 0 Å². The molecule has 7 nitrogen and oxygen atoms in total. The molecule has 0 saturated carbocycles. The molecule has 0 unspecified atom stereocenters. The van der Waals surface area contributed by atoms with Gasteiger partial charge in [0.1, 0.15) is 0 Å². The molecule has 0 fully saturated rings. The van der Waals surface area contributed by atoms with Crippen molar-refractivity contribution in [1.82, 2.24) is 29.8 Å². The molecule has 1 N–H and O–H groups in total. The number of hydrogen-bond acceptors (Lipinski definition) is 4. The van der Waals surface area contributed by atoms with E-state index in [1.165, 1.54) is 0 Å². The molecule has 4 rings (SSSR count). The molecular weight excluding hydrogens is 376 g/mol. The van der Waals surface area contributed by atoms with Gasteiger partial charge in [-0.05, 0) is 28.8 Å². The van der Waals surface area contributed by atoms with Gasteiger partial charge in [-0.25, -0.2) is 4.79 Å². The minimum absolute atomic E-state index is 0.00366. The van der Waals surface area contributed by atoms with E-state index >= 15 is 0 Å². The normalized spacial score (nSPS) is 10.8. The molecule has 7 heteroatoms. The Balaban J connectivity index is 1.63. The molecule has 0 saturated heterocycles. The summed E-state index contributed by atoms with van der Waals surface area (Å²) in [6.45, 7) is 3.12. The summed E-state index contributed by atoms with van der Waals surface area (Å²) in [6, 6.07) is 16.1. The molecule has 0 amide bonds. The molecule has 2 aromatic carbocycles. The van der Waals surface area contributed by atoms with Crippen LogP contribution in [0.3, 0.4) is 0 Å². The Hall–Kier alpha value is -3.92. The first kappa shape index (κ1) is 19.4. The number of aromatic nitrogens is 6. The lowest BCUT2D eigenvalue weighted by Crippen LogP contribution is -2.25. The van der Waals surface area contributed by atoms with E-state index in [0.717, 1.165) is 27.9 Å². The van der Waals surface area contributed by atoms with Gasteiger partial charge in [0.2, 0.25) is 5.82 Å². The van der Waals surface area contributed by atoms with Gasteiger partial charge in [-0.3, -0.25) is 9.13 Å². The minimum atomic E-state index is -0.00366. The van der Waals surface area contributed by atoms with Crippen molar-refractivity contribution in [2.75, 3.05) is 0 Å². The van der Waals surface area contributed by atoms with Gasteiger partial charge in [0.15, 0.2) is 0 Å². The van der Waals surface area contributed by atoms with Crippen LogP contribution in [0.15, 0.2) is 59.5 Å². The van der Waals surface area contributed by atoms with Crippen LogP contribution in [0.5, 0.6) is 0 Å². The smallest absolute Gasteiger partial charge is 0.299 e. The second-order valence-corrected chi connectivity index (χ2v) is 6.96. The van der Waals surface area contributed by atoms with Crippen LogP contribution in [0.2, 0.25) is 0 Å². The molecule has 0 aliphatic rings. The quantitative estimate of drug-likeness (QED) is 0.485. The van der Waals surface area contributed by atoms with E-state index in [-0.39, 0.29) is 5.69 Å². The van der Waals surface area contributed by atoms with Crippen LogP contribution in [-0.4, -0.2) is 29.8 Å². The molecule has 30 heavy (non-hydrogen) atoms. The SMILES string of the molecule is C#CCCc1cn(CC)c(=O)n1Cc1ccc(-c2ccccc2-c2nn[nH]n2)cc1. The predicted molar refractivity (Wildman–Crippen MR) is 116 cm³/mol. The highest BCUT2D eigenvalue weighted by atomic mass is 16.1. The number of H-pyrrole nitrogens is 1. The molecule has 2 heterocycles. The Morgan fingerprint density at radius 1 is 1.10 bits per heavy atom. The number of hydrogen-bond donors (Lipinski definition) is 1. The first-order chi connectivity index (χ1) is 14.7. The minimum Gasteiger partial charge on any atom is -0.299 e. The fraction of sp³-hybridized carbons (Fsp3) is 0.217. The molecule has 0 radical (unpaired) electrons. The molecule has 0 atom stereocenters. The highest BCUT2D eigenvalue weighted by Crippen LogP contribution is 2.29. The van der Waals surface area contributed by atoms with Crippen molar-refractivity contribution < 1.29 is 0 Å². The molecule has 0 aliphatic heterocycles. The third-order valence-electron chi connectivity index (χ3n) is 5.11. The Morgan fingerprint density at radius 3 is 2.53 bits per heavy atom. The second kappa shape index (κ2) is 8.62. The number of rotatable bonds is 7. The molecule has 4 aromatic rings. The number of imidazole rings is 1. The van der Waals surface area contributed by atoms with Gasteiger partial charge in [-0.1, -0.05) is 48.5 Å². The van der Waals surface area contributed by atoms with E-state index in [0.29, 0.717) is 31.8 Å². The summed E-state index contributed by atoms with van der Waals surface area (Å²) in [5.74, 6) is 3.21. The number of benzene rings is 2. The standard InChI is InChI=1S/C23H22N6O/c1-3-5-8-19-16-28(4-2)23(30)29(19)15-17-11-13-18(14-12-17)20-9-6-7-10-21(20)22-24-26-27-25-22/h1,6-7,9-14,16H,4-5,8,15H2,2H3,(H,24,25,26,27). The summed E-state index contributed by atoms with van der Waals surface area (Å²) in [5.41, 5.74) is 4.99. The second-order valence-electron chi connectivity index (χ2n) is 6.96. The summed E-state index contributed by atoms with van der Waals surface area (Å²) < 4.78 is 3.53. The first-order valence-electron chi connectivity index (χ1n) is 9.85. The van der Waals surface area contributed by atoms with Gasteiger partial charge in [-0.15, -0.1) is 22.5 Å². The maximum Gasteiger partial charge on any atom is 0.328 e. The summed E-state index contributed by atoms with van der Waals surface area (Å²) in [4.78, 5) is 12.7. The summed E-state index contributed by atoms with van der Waals surface area (Å²) >= 11 is 0. The van der Waals surface area contributed by atoms with Crippen LogP contribution < -0.4 is 5.69 Å². The molecule has 0 bridgehead atoms. The van der Waals surface area contributed by atoms with Crippen molar-refractivity contribution in [3.63, 3.8) is 0 Å². The first-order valence-corrected chi connectivity index (χ1v) is 9.85. The molecular formula is C23H22N6O. The lowest BCUT2D eigenvalue weighted by atomic mass is 9.98. The summed E-state index contributed by atoms with van der Waals surface area (Å²) in [5, 5.41) is 14.4. The van der Waals surface area contributed by atoms with Gasteiger partial charge in [0.05, 0.1) is 6.54 Å². The molecule has 0 spiro atoms.